The minimum atomic E-state index is -4.62. The van der Waals surface area contributed by atoms with E-state index in [0.29, 0.717) is 42.3 Å². The van der Waals surface area contributed by atoms with E-state index in [-0.39, 0.29) is 28.8 Å². The van der Waals surface area contributed by atoms with Crippen molar-refractivity contribution in [2.45, 2.75) is 12.7 Å². The molecule has 3 aromatic heterocycles. The Morgan fingerprint density at radius 3 is 2.52 bits per heavy atom. The molecule has 1 fully saturated rings. The number of fused-ring (bicyclic) bond motifs is 1. The lowest BCUT2D eigenvalue weighted by atomic mass is 10.1. The molecular weight excluding hydrogens is 556 g/mol. The zero-order valence-corrected chi connectivity index (χ0v) is 21.5. The van der Waals surface area contributed by atoms with Gasteiger partial charge in [-0.05, 0) is 35.9 Å². The molecule has 1 saturated heterocycles. The number of halogens is 4. The van der Waals surface area contributed by atoms with Crippen LogP contribution in [0.5, 0.6) is 0 Å². The number of pyridine rings is 1. The number of nitrogens with one attached hydrogen (secondary N) is 2. The first-order chi connectivity index (χ1) is 18.9. The summed E-state index contributed by atoms with van der Waals surface area (Å²) >= 11 is 0. The molecule has 2 amide bonds. The Bertz CT molecular complexity index is 1570. The third-order valence-corrected chi connectivity index (χ3v) is 8.04. The van der Waals surface area contributed by atoms with Crippen molar-refractivity contribution in [2.24, 2.45) is 0 Å². The molecule has 6 N–H and O–H groups in total. The Morgan fingerprint density at radius 1 is 1.07 bits per heavy atom. The zero-order chi connectivity index (χ0) is 28.7. The van der Waals surface area contributed by atoms with Crippen LogP contribution in [-0.2, 0) is 12.7 Å². The van der Waals surface area contributed by atoms with Crippen LogP contribution in [0.3, 0.4) is 0 Å². The zero-order valence-electron chi connectivity index (χ0n) is 20.7. The molecule has 0 aliphatic carbocycles. The second kappa shape index (κ2) is 10.5. The highest BCUT2D eigenvalue weighted by Crippen LogP contribution is 2.41. The molecule has 0 atom stereocenters. The number of amides is 2. The fourth-order valence-corrected chi connectivity index (χ4v) is 5.65. The van der Waals surface area contributed by atoms with Gasteiger partial charge in [0.25, 0.3) is 0 Å². The van der Waals surface area contributed by atoms with E-state index in [0.717, 1.165) is 18.0 Å². The number of hydrogen-bond donors (Lipinski definition) is 5. The van der Waals surface area contributed by atoms with E-state index in [1.54, 1.807) is 16.6 Å². The van der Waals surface area contributed by atoms with Gasteiger partial charge in [0.1, 0.15) is 23.5 Å². The first kappa shape index (κ1) is 27.6. The van der Waals surface area contributed by atoms with Crippen molar-refractivity contribution < 1.29 is 31.5 Å². The van der Waals surface area contributed by atoms with Crippen LogP contribution in [0.2, 0.25) is 0 Å². The fourth-order valence-electron chi connectivity index (χ4n) is 4.35. The van der Waals surface area contributed by atoms with E-state index >= 15 is 4.39 Å². The van der Waals surface area contributed by atoms with Crippen LogP contribution in [0, 0.1) is 5.82 Å². The number of rotatable bonds is 5. The minimum Gasteiger partial charge on any atom is -0.382 e. The molecular formula is C24H24F4N8O3S. The third kappa shape index (κ3) is 5.94. The van der Waals surface area contributed by atoms with Crippen molar-refractivity contribution in [2.75, 3.05) is 41.0 Å². The van der Waals surface area contributed by atoms with Gasteiger partial charge in [0, 0.05) is 31.4 Å². The molecule has 0 bridgehead atoms. The van der Waals surface area contributed by atoms with E-state index in [2.05, 4.69) is 25.7 Å². The molecule has 11 nitrogen and oxygen atoms in total. The number of alkyl halides is 3. The Hall–Kier alpha value is -3.99. The molecule has 1 aliphatic heterocycles. The Labute approximate surface area is 226 Å². The van der Waals surface area contributed by atoms with Gasteiger partial charge in [-0.25, -0.2) is 23.7 Å². The van der Waals surface area contributed by atoms with Gasteiger partial charge in [0.2, 0.25) is 0 Å². The predicted molar refractivity (Wildman–Crippen MR) is 143 cm³/mol. The van der Waals surface area contributed by atoms with Gasteiger partial charge >= 0.3 is 12.2 Å². The summed E-state index contributed by atoms with van der Waals surface area (Å²) in [4.78, 5) is 22.1. The number of urea groups is 1. The van der Waals surface area contributed by atoms with Crippen LogP contribution in [0.25, 0.3) is 16.6 Å². The van der Waals surface area contributed by atoms with Crippen molar-refractivity contribution >= 4 is 39.5 Å². The topological polar surface area (TPSA) is 154 Å². The lowest BCUT2D eigenvalue weighted by Crippen LogP contribution is -2.38. The summed E-state index contributed by atoms with van der Waals surface area (Å²) in [6.07, 6.45) is -2.42. The summed E-state index contributed by atoms with van der Waals surface area (Å²) in [6.45, 7) is 1.40. The van der Waals surface area contributed by atoms with Gasteiger partial charge in [-0.15, -0.1) is 0 Å². The van der Waals surface area contributed by atoms with E-state index < -0.39 is 34.2 Å². The van der Waals surface area contributed by atoms with Crippen LogP contribution < -0.4 is 16.4 Å². The molecule has 0 unspecified atom stereocenters. The molecule has 0 spiro atoms. The van der Waals surface area contributed by atoms with Crippen LogP contribution in [0.1, 0.15) is 11.3 Å². The SMILES string of the molecule is Nc1ncnn2c(CN3CCS(O)(O)CC3)cc(-c3ccc(NC(=O)Nc4cc(C(F)(F)F)ccn4)c(F)c3)c12. The number of carbonyl (C=O) groups is 1. The number of aromatic nitrogens is 4. The van der Waals surface area contributed by atoms with Crippen LogP contribution in [0.15, 0.2) is 48.9 Å². The third-order valence-electron chi connectivity index (χ3n) is 6.37. The molecule has 40 heavy (non-hydrogen) atoms. The quantitative estimate of drug-likeness (QED) is 0.212. The van der Waals surface area contributed by atoms with Crippen LogP contribution in [0.4, 0.5) is 39.7 Å². The molecule has 5 rings (SSSR count). The summed E-state index contributed by atoms with van der Waals surface area (Å²) in [5.74, 6) is -0.442. The predicted octanol–water partition coefficient (Wildman–Crippen LogP) is 4.74. The molecule has 4 heterocycles. The number of anilines is 3. The van der Waals surface area contributed by atoms with E-state index in [1.807, 2.05) is 4.90 Å². The number of carbonyl (C=O) groups excluding carboxylic acids is 1. The highest BCUT2D eigenvalue weighted by molar-refractivity contribution is 8.24. The van der Waals surface area contributed by atoms with Gasteiger partial charge in [-0.2, -0.15) is 28.9 Å². The Morgan fingerprint density at radius 2 is 1.82 bits per heavy atom. The van der Waals surface area contributed by atoms with E-state index in [4.69, 9.17) is 5.73 Å². The Balaban J connectivity index is 1.36. The average molecular weight is 581 g/mol. The van der Waals surface area contributed by atoms with Gasteiger partial charge in [0.15, 0.2) is 5.82 Å². The Kier molecular flexibility index (Phi) is 7.26. The highest BCUT2D eigenvalue weighted by Gasteiger charge is 2.31. The second-order valence-electron chi connectivity index (χ2n) is 9.14. The standard InChI is InChI=1S/C24H24F4N8O3S/c25-18-9-14(1-2-19(18)33-23(37)34-20-10-15(3-4-30-20)24(26,27)28)17-11-16(36-21(17)22(29)31-13-32-36)12-35-5-7-40(38,39)8-6-35/h1-4,9-11,13,38-39H,5-8,12H2,(H2,29,31,32)(H2,30,33,34,37). The van der Waals surface area contributed by atoms with Crippen molar-refractivity contribution in [3.05, 3.63) is 66.0 Å². The molecule has 212 valence electrons. The maximum Gasteiger partial charge on any atom is 0.416 e. The lowest BCUT2D eigenvalue weighted by Gasteiger charge is -2.40. The summed E-state index contributed by atoms with van der Waals surface area (Å²) in [6, 6.07) is 6.27. The largest absolute Gasteiger partial charge is 0.416 e. The number of nitrogen functional groups attached to an aromatic ring is 1. The molecule has 4 aromatic rings. The molecule has 0 saturated carbocycles. The summed E-state index contributed by atoms with van der Waals surface area (Å²) < 4.78 is 75.2. The van der Waals surface area contributed by atoms with Gasteiger partial charge in [-0.3, -0.25) is 19.3 Å². The number of nitrogens with zero attached hydrogens (tertiary/aromatic N) is 5. The smallest absolute Gasteiger partial charge is 0.382 e. The molecule has 1 aliphatic rings. The second-order valence-corrected chi connectivity index (χ2v) is 11.6. The molecule has 0 radical (unpaired) electrons. The van der Waals surface area contributed by atoms with Crippen LogP contribution >= 0.6 is 10.6 Å². The van der Waals surface area contributed by atoms with Crippen molar-refractivity contribution in [3.8, 4) is 11.1 Å². The molecule has 16 heteroatoms. The number of nitrogens with two attached hydrogens (primary N) is 1. The maximum atomic E-state index is 15.1. The van der Waals surface area contributed by atoms with Crippen molar-refractivity contribution in [1.82, 2.24) is 24.5 Å². The van der Waals surface area contributed by atoms with Crippen LogP contribution in [-0.4, -0.2) is 64.2 Å². The van der Waals surface area contributed by atoms with Gasteiger partial charge < -0.3 is 11.1 Å². The van der Waals surface area contributed by atoms with E-state index in [9.17, 15) is 27.1 Å². The van der Waals surface area contributed by atoms with Crippen molar-refractivity contribution in [1.29, 1.82) is 0 Å². The normalized spacial score (nSPS) is 16.6. The van der Waals surface area contributed by atoms with Gasteiger partial charge in [-0.1, -0.05) is 6.07 Å². The monoisotopic (exact) mass is 580 g/mol. The van der Waals surface area contributed by atoms with Crippen molar-refractivity contribution in [3.63, 3.8) is 0 Å². The summed E-state index contributed by atoms with van der Waals surface area (Å²) in [5.41, 5.74) is 7.07. The lowest BCUT2D eigenvalue weighted by molar-refractivity contribution is -0.137. The number of hydrogen-bond acceptors (Lipinski definition) is 8. The average Bonchev–Trinajstić information content (AvgIpc) is 3.26. The molecule has 1 aromatic carbocycles. The first-order valence-electron chi connectivity index (χ1n) is 11.9. The maximum absolute atomic E-state index is 15.1. The minimum absolute atomic E-state index is 0.166. The number of benzene rings is 1. The summed E-state index contributed by atoms with van der Waals surface area (Å²) in [5, 5.41) is 8.71. The fraction of sp³-hybridized carbons (Fsp3) is 0.250. The van der Waals surface area contributed by atoms with Gasteiger partial charge in [0.05, 0.1) is 28.5 Å². The first-order valence-corrected chi connectivity index (χ1v) is 13.8. The highest BCUT2D eigenvalue weighted by atomic mass is 32.3. The summed E-state index contributed by atoms with van der Waals surface area (Å²) in [7, 11) is -2.56. The van der Waals surface area contributed by atoms with E-state index in [1.165, 1.54) is 18.5 Å².